The summed E-state index contributed by atoms with van der Waals surface area (Å²) < 4.78 is 5.76. The molecule has 2 aromatic rings. The number of hydrogen-bond acceptors (Lipinski definition) is 1. The van der Waals surface area contributed by atoms with Gasteiger partial charge in [-0.1, -0.05) is 51.8 Å². The fraction of sp³-hybridized carbons (Fsp3) is 0.333. The van der Waals surface area contributed by atoms with Crippen LogP contribution in [0.15, 0.2) is 36.4 Å². The van der Waals surface area contributed by atoms with Crippen LogP contribution >= 0.6 is 27.5 Å². The van der Waals surface area contributed by atoms with E-state index in [1.54, 1.807) is 0 Å². The number of hydrogen-bond donors (Lipinski definition) is 0. The molecule has 0 bridgehead atoms. The highest BCUT2D eigenvalue weighted by molar-refractivity contribution is 9.09. The minimum Gasteiger partial charge on any atom is -0.493 e. The van der Waals surface area contributed by atoms with Crippen LogP contribution in [0.1, 0.15) is 39.4 Å². The molecule has 2 atom stereocenters. The molecule has 110 valence electrons. The van der Waals surface area contributed by atoms with Crippen molar-refractivity contribution in [2.24, 2.45) is 0 Å². The van der Waals surface area contributed by atoms with Gasteiger partial charge in [-0.3, -0.25) is 0 Å². The molecular weight excluding hydrogens is 348 g/mol. The summed E-state index contributed by atoms with van der Waals surface area (Å²) in [4.78, 5) is 0.203. The van der Waals surface area contributed by atoms with E-state index in [0.717, 1.165) is 23.8 Å². The summed E-state index contributed by atoms with van der Waals surface area (Å²) in [5, 5.41) is 0.837. The molecule has 0 aromatic heterocycles. The summed E-state index contributed by atoms with van der Waals surface area (Å²) in [7, 11) is 0. The van der Waals surface area contributed by atoms with Gasteiger partial charge < -0.3 is 4.74 Å². The van der Waals surface area contributed by atoms with E-state index in [4.69, 9.17) is 16.3 Å². The van der Waals surface area contributed by atoms with E-state index in [1.165, 1.54) is 22.3 Å². The maximum absolute atomic E-state index is 6.48. The second-order valence-electron chi connectivity index (χ2n) is 5.64. The first-order valence-electron chi connectivity index (χ1n) is 7.20. The zero-order valence-electron chi connectivity index (χ0n) is 12.2. The number of rotatable bonds is 2. The summed E-state index contributed by atoms with van der Waals surface area (Å²) in [5.74, 6) is 1.38. The minimum absolute atomic E-state index is 0.203. The van der Waals surface area contributed by atoms with Gasteiger partial charge in [-0.05, 0) is 54.7 Å². The van der Waals surface area contributed by atoms with Gasteiger partial charge in [-0.2, -0.15) is 0 Å². The van der Waals surface area contributed by atoms with Gasteiger partial charge in [0.15, 0.2) is 0 Å². The summed E-state index contributed by atoms with van der Waals surface area (Å²) in [6.45, 7) is 4.98. The number of ether oxygens (including phenoxy) is 1. The van der Waals surface area contributed by atoms with Gasteiger partial charge in [0.25, 0.3) is 0 Å². The third-order valence-electron chi connectivity index (χ3n) is 4.27. The molecule has 0 spiro atoms. The normalized spacial score (nSPS) is 18.8. The van der Waals surface area contributed by atoms with Crippen LogP contribution in [0.3, 0.4) is 0 Å². The molecule has 1 heterocycles. The zero-order valence-corrected chi connectivity index (χ0v) is 14.5. The van der Waals surface area contributed by atoms with E-state index < -0.39 is 0 Å². The van der Waals surface area contributed by atoms with Gasteiger partial charge >= 0.3 is 0 Å². The molecule has 0 amide bonds. The monoisotopic (exact) mass is 364 g/mol. The van der Waals surface area contributed by atoms with Crippen LogP contribution in [0.2, 0.25) is 5.02 Å². The van der Waals surface area contributed by atoms with Crippen LogP contribution in [0.25, 0.3) is 0 Å². The number of aryl methyl sites for hydroxylation is 2. The molecule has 2 aromatic carbocycles. The number of benzene rings is 2. The Balaban J connectivity index is 2.00. The number of para-hydroxylation sites is 1. The molecule has 0 N–H and O–H groups in total. The molecule has 1 nitrogen and oxygen atoms in total. The predicted molar refractivity (Wildman–Crippen MR) is 91.9 cm³/mol. The minimum atomic E-state index is 0.203. The third-order valence-corrected chi connectivity index (χ3v) is 5.73. The SMILES string of the molecule is Cc1cc(Cl)c(C(Br)C2CCOc3ccccc32)cc1C. The second kappa shape index (κ2) is 6.02. The summed E-state index contributed by atoms with van der Waals surface area (Å²) >= 11 is 10.4. The number of fused-ring (bicyclic) bond motifs is 1. The van der Waals surface area contributed by atoms with Crippen molar-refractivity contribution in [2.45, 2.75) is 31.0 Å². The maximum Gasteiger partial charge on any atom is 0.122 e. The van der Waals surface area contributed by atoms with Gasteiger partial charge in [-0.25, -0.2) is 0 Å². The molecule has 0 saturated carbocycles. The second-order valence-corrected chi connectivity index (χ2v) is 7.03. The van der Waals surface area contributed by atoms with Crippen LogP contribution in [-0.4, -0.2) is 6.61 Å². The van der Waals surface area contributed by atoms with Crippen molar-refractivity contribution in [3.8, 4) is 5.75 Å². The molecule has 0 fully saturated rings. The van der Waals surface area contributed by atoms with E-state index in [1.807, 2.05) is 12.1 Å². The molecular formula is C18H18BrClO. The number of halogens is 2. The van der Waals surface area contributed by atoms with E-state index in [0.29, 0.717) is 5.92 Å². The van der Waals surface area contributed by atoms with Crippen LogP contribution in [0, 0.1) is 13.8 Å². The fourth-order valence-corrected chi connectivity index (χ4v) is 4.30. The lowest BCUT2D eigenvalue weighted by Gasteiger charge is -2.30. The van der Waals surface area contributed by atoms with Crippen molar-refractivity contribution in [1.82, 2.24) is 0 Å². The van der Waals surface area contributed by atoms with Crippen LogP contribution in [-0.2, 0) is 0 Å². The first-order valence-corrected chi connectivity index (χ1v) is 8.49. The third kappa shape index (κ3) is 2.84. The average Bonchev–Trinajstić information content (AvgIpc) is 2.49. The Morgan fingerprint density at radius 2 is 1.90 bits per heavy atom. The lowest BCUT2D eigenvalue weighted by molar-refractivity contribution is 0.266. The lowest BCUT2D eigenvalue weighted by Crippen LogP contribution is -2.17. The number of alkyl halides is 1. The van der Waals surface area contributed by atoms with Crippen molar-refractivity contribution in [2.75, 3.05) is 6.61 Å². The molecule has 2 unspecified atom stereocenters. The Kier molecular flexibility index (Phi) is 4.28. The predicted octanol–water partition coefficient (Wildman–Crippen LogP) is 5.96. The molecule has 3 rings (SSSR count). The van der Waals surface area contributed by atoms with Crippen molar-refractivity contribution < 1.29 is 4.74 Å². The maximum atomic E-state index is 6.48. The Morgan fingerprint density at radius 3 is 2.71 bits per heavy atom. The van der Waals surface area contributed by atoms with Crippen LogP contribution in [0.4, 0.5) is 0 Å². The summed E-state index contributed by atoms with van der Waals surface area (Å²) in [5.41, 5.74) is 4.94. The van der Waals surface area contributed by atoms with E-state index >= 15 is 0 Å². The van der Waals surface area contributed by atoms with Gasteiger partial charge in [0.05, 0.1) is 6.61 Å². The molecule has 0 radical (unpaired) electrons. The smallest absolute Gasteiger partial charge is 0.122 e. The fourth-order valence-electron chi connectivity index (χ4n) is 2.90. The van der Waals surface area contributed by atoms with Gasteiger partial charge in [0.1, 0.15) is 5.75 Å². The van der Waals surface area contributed by atoms with Gasteiger partial charge in [0, 0.05) is 15.8 Å². The Labute approximate surface area is 139 Å². The van der Waals surface area contributed by atoms with Crippen LogP contribution < -0.4 is 4.74 Å². The highest BCUT2D eigenvalue weighted by atomic mass is 79.9. The van der Waals surface area contributed by atoms with E-state index in [-0.39, 0.29) is 4.83 Å². The summed E-state index contributed by atoms with van der Waals surface area (Å²) in [6.07, 6.45) is 0.996. The first-order chi connectivity index (χ1) is 10.1. The first kappa shape index (κ1) is 14.9. The molecule has 0 aliphatic carbocycles. The van der Waals surface area contributed by atoms with Crippen molar-refractivity contribution in [3.63, 3.8) is 0 Å². The molecule has 1 aliphatic rings. The van der Waals surface area contributed by atoms with Crippen molar-refractivity contribution in [1.29, 1.82) is 0 Å². The van der Waals surface area contributed by atoms with Crippen molar-refractivity contribution >= 4 is 27.5 Å². The Morgan fingerprint density at radius 1 is 1.19 bits per heavy atom. The molecule has 0 saturated heterocycles. The summed E-state index contributed by atoms with van der Waals surface area (Å²) in [6, 6.07) is 12.6. The van der Waals surface area contributed by atoms with Gasteiger partial charge in [-0.15, -0.1) is 0 Å². The van der Waals surface area contributed by atoms with Crippen molar-refractivity contribution in [3.05, 3.63) is 63.7 Å². The highest BCUT2D eigenvalue weighted by Crippen LogP contribution is 2.47. The topological polar surface area (TPSA) is 9.23 Å². The Hall–Kier alpha value is -0.990. The largest absolute Gasteiger partial charge is 0.493 e. The average molecular weight is 366 g/mol. The Bertz CT molecular complexity index is 668. The standard InChI is InChI=1S/C18H18BrClO/c1-11-9-15(16(20)10-12(11)2)18(19)14-7-8-21-17-6-4-3-5-13(14)17/h3-6,9-10,14,18H,7-8H2,1-2H3. The quantitative estimate of drug-likeness (QED) is 0.597. The molecule has 1 aliphatic heterocycles. The highest BCUT2D eigenvalue weighted by Gasteiger charge is 2.29. The van der Waals surface area contributed by atoms with Crippen LogP contribution in [0.5, 0.6) is 5.75 Å². The van der Waals surface area contributed by atoms with Gasteiger partial charge in [0.2, 0.25) is 0 Å². The molecule has 21 heavy (non-hydrogen) atoms. The lowest BCUT2D eigenvalue weighted by atomic mass is 9.86. The molecule has 3 heteroatoms. The van der Waals surface area contributed by atoms with E-state index in [9.17, 15) is 0 Å². The van der Waals surface area contributed by atoms with E-state index in [2.05, 4.69) is 54.0 Å². The zero-order chi connectivity index (χ0) is 15.0.